The van der Waals surface area contributed by atoms with Gasteiger partial charge in [0.05, 0.1) is 56.8 Å². The highest BCUT2D eigenvalue weighted by Gasteiger charge is 2.41. The summed E-state index contributed by atoms with van der Waals surface area (Å²) in [6.07, 6.45) is 0. The SMILES string of the molecule is [2H]c1c([2H])c([2H])c(-c2nc(-c3c([2H])c([2H])c([2H])c([Si](c4ccccc4)(c4ccccc4)c4ccccc4)c3[2H])nc(-n3c4ccccc4c4cccc(-n5c6ccccc6c6cccc(-n7c8ccccc8c8ccccc87)c65)c43)n2)c([2H])c1[2H]. The topological polar surface area (TPSA) is 53.5 Å². The zero-order chi connectivity index (χ0) is 58.0. The summed E-state index contributed by atoms with van der Waals surface area (Å²) in [4.78, 5) is 15.4. The summed E-state index contributed by atoms with van der Waals surface area (Å²) >= 11 is 0. The van der Waals surface area contributed by atoms with Gasteiger partial charge in [0.15, 0.2) is 19.7 Å². The van der Waals surface area contributed by atoms with Crippen molar-refractivity contribution in [2.45, 2.75) is 0 Å². The molecule has 7 heteroatoms. The number of rotatable bonds is 9. The zero-order valence-electron chi connectivity index (χ0n) is 49.5. The number of aromatic nitrogens is 6. The lowest BCUT2D eigenvalue weighted by Gasteiger charge is -2.34. The highest BCUT2D eigenvalue weighted by atomic mass is 28.3. The molecule has 0 spiro atoms. The van der Waals surface area contributed by atoms with Crippen molar-refractivity contribution < 1.29 is 12.3 Å². The number of hydrogen-bond donors (Lipinski definition) is 0. The van der Waals surface area contributed by atoms with Crippen LogP contribution in [0.4, 0.5) is 0 Å². The van der Waals surface area contributed by atoms with E-state index < -0.39 is 50.4 Å². The van der Waals surface area contributed by atoms with Crippen molar-refractivity contribution in [2.75, 3.05) is 0 Å². The summed E-state index contributed by atoms with van der Waals surface area (Å²) in [5.41, 5.74) is 6.37. The van der Waals surface area contributed by atoms with Crippen LogP contribution in [0.25, 0.3) is 106 Å². The van der Waals surface area contributed by atoms with Gasteiger partial charge in [0.2, 0.25) is 5.95 Å². The van der Waals surface area contributed by atoms with Crippen LogP contribution in [-0.4, -0.2) is 36.7 Å². The van der Waals surface area contributed by atoms with E-state index >= 15 is 0 Å². The molecule has 11 aromatic carbocycles. The normalized spacial score (nSPS) is 13.6. The Kier molecular flexibility index (Phi) is 8.17. The minimum absolute atomic E-state index is 0.0478. The van der Waals surface area contributed by atoms with Gasteiger partial charge in [-0.15, -0.1) is 0 Å². The molecule has 4 aromatic heterocycles. The molecule has 15 aromatic rings. The lowest BCUT2D eigenvalue weighted by Crippen LogP contribution is -2.74. The highest BCUT2D eigenvalue weighted by molar-refractivity contribution is 7.19. The minimum Gasteiger partial charge on any atom is -0.307 e. The number of nitrogens with zero attached hydrogens (tertiary/aromatic N) is 6. The molecule has 4 heterocycles. The van der Waals surface area contributed by atoms with Gasteiger partial charge in [-0.3, -0.25) is 4.57 Å². The molecule has 0 amide bonds. The van der Waals surface area contributed by atoms with Crippen LogP contribution in [0.2, 0.25) is 0 Å². The van der Waals surface area contributed by atoms with Crippen molar-refractivity contribution in [3.63, 3.8) is 0 Å². The molecule has 0 aliphatic rings. The van der Waals surface area contributed by atoms with E-state index in [1.54, 1.807) is 0 Å². The minimum atomic E-state index is -3.79. The van der Waals surface area contributed by atoms with Crippen LogP contribution < -0.4 is 20.7 Å². The average Bonchev–Trinajstić information content (AvgIpc) is 1.80. The maximum absolute atomic E-state index is 10.6. The molecule has 76 heavy (non-hydrogen) atoms. The Labute approximate surface area is 452 Å². The second-order valence-corrected chi connectivity index (χ2v) is 22.5. The van der Waals surface area contributed by atoms with Crippen LogP contribution in [0.15, 0.2) is 279 Å². The van der Waals surface area contributed by atoms with Gasteiger partial charge in [0.25, 0.3) is 0 Å². The summed E-state index contributed by atoms with van der Waals surface area (Å²) in [5, 5.41) is 8.61. The monoisotopic (exact) mass is 995 g/mol. The summed E-state index contributed by atoms with van der Waals surface area (Å²) < 4.78 is 91.8. The Bertz CT molecular complexity index is 5080. The van der Waals surface area contributed by atoms with Crippen LogP contribution in [0.5, 0.6) is 0 Å². The average molecular weight is 996 g/mol. The maximum atomic E-state index is 10.6. The standard InChI is InChI=1S/C69H46N6Si/c1-5-24-47(25-6-1)67-70-68(48-26-21-33-52(46-48)76(49-27-7-2-8-28-49,50-29-9-3-10-30-50)51-31-11-4-12-32-51)72-69(71-67)75-62-43-20-16-37-56(62)58-39-23-45-64(66(58)75)74-61-42-19-15-36-55(61)57-38-22-44-63(65(57)74)73-59-40-17-13-34-53(59)54-35-14-18-41-60(54)73/h1-46H/i1D,5D,6D,21D,24D,25D,26D,33D,46D. The third-order valence-electron chi connectivity index (χ3n) is 14.8. The van der Waals surface area contributed by atoms with E-state index in [-0.39, 0.29) is 46.0 Å². The Morgan fingerprint density at radius 1 is 0.303 bits per heavy atom. The molecule has 6 nitrogen and oxygen atoms in total. The first-order valence-electron chi connectivity index (χ1n) is 29.6. The lowest BCUT2D eigenvalue weighted by molar-refractivity contribution is 0.950. The molecule has 0 fully saturated rings. The third-order valence-corrected chi connectivity index (χ3v) is 19.4. The molecule has 356 valence electrons. The quantitative estimate of drug-likeness (QED) is 0.107. The fraction of sp³-hybridized carbons (Fsp3) is 0. The maximum Gasteiger partial charge on any atom is 0.238 e. The molecule has 0 N–H and O–H groups in total. The third kappa shape index (κ3) is 6.62. The van der Waals surface area contributed by atoms with E-state index in [0.29, 0.717) is 11.0 Å². The van der Waals surface area contributed by atoms with E-state index in [2.05, 4.69) is 94.1 Å². The summed E-state index contributed by atoms with van der Waals surface area (Å²) in [5.74, 6) is -0.624. The Morgan fingerprint density at radius 2 is 0.697 bits per heavy atom. The van der Waals surface area contributed by atoms with E-state index in [4.69, 9.17) is 19.1 Å². The van der Waals surface area contributed by atoms with Crippen LogP contribution in [0, 0.1) is 0 Å². The van der Waals surface area contributed by atoms with Crippen LogP contribution >= 0.6 is 0 Å². The number of fused-ring (bicyclic) bond motifs is 9. The van der Waals surface area contributed by atoms with Gasteiger partial charge in [0, 0.05) is 43.4 Å². The van der Waals surface area contributed by atoms with E-state index in [0.717, 1.165) is 81.3 Å². The van der Waals surface area contributed by atoms with Crippen LogP contribution in [0.1, 0.15) is 12.3 Å². The number of hydrogen-bond acceptors (Lipinski definition) is 3. The highest BCUT2D eigenvalue weighted by Crippen LogP contribution is 2.43. The molecule has 0 unspecified atom stereocenters. The molecule has 0 bridgehead atoms. The van der Waals surface area contributed by atoms with Gasteiger partial charge in [-0.05, 0) is 57.1 Å². The lowest BCUT2D eigenvalue weighted by atomic mass is 10.1. The van der Waals surface area contributed by atoms with Gasteiger partial charge in [-0.25, -0.2) is 4.98 Å². The summed E-state index contributed by atoms with van der Waals surface area (Å²) in [6, 6.07) is 70.2. The van der Waals surface area contributed by atoms with Crippen molar-refractivity contribution in [1.82, 2.24) is 28.7 Å². The van der Waals surface area contributed by atoms with Gasteiger partial charge in [-0.1, -0.05) is 242 Å². The van der Waals surface area contributed by atoms with E-state index in [1.807, 2.05) is 144 Å². The molecule has 0 radical (unpaired) electrons. The van der Waals surface area contributed by atoms with Crippen molar-refractivity contribution in [2.24, 2.45) is 0 Å². The largest absolute Gasteiger partial charge is 0.307 e. The second-order valence-electron chi connectivity index (χ2n) is 18.8. The van der Waals surface area contributed by atoms with Gasteiger partial charge in [-0.2, -0.15) is 9.97 Å². The number of benzene rings is 11. The molecule has 15 rings (SSSR count). The zero-order valence-corrected chi connectivity index (χ0v) is 41.5. The molecule has 0 aliphatic carbocycles. The smallest absolute Gasteiger partial charge is 0.238 e. The Morgan fingerprint density at radius 3 is 1.22 bits per heavy atom. The first-order chi connectivity index (χ1) is 41.5. The fourth-order valence-corrected chi connectivity index (χ4v) is 16.2. The van der Waals surface area contributed by atoms with Gasteiger partial charge < -0.3 is 9.13 Å². The second kappa shape index (κ2) is 17.6. The first-order valence-corrected chi connectivity index (χ1v) is 27.1. The summed E-state index contributed by atoms with van der Waals surface area (Å²) in [7, 11) is -3.79. The van der Waals surface area contributed by atoms with Crippen LogP contribution in [-0.2, 0) is 0 Å². The predicted octanol–water partition coefficient (Wildman–Crippen LogP) is 13.9. The molecule has 0 saturated heterocycles. The molecular weight excluding hydrogens is 941 g/mol. The fourth-order valence-electron chi connectivity index (χ4n) is 11.7. The molecule has 0 saturated carbocycles. The van der Waals surface area contributed by atoms with E-state index in [1.165, 1.54) is 0 Å². The molecular formula is C69H46N6Si. The van der Waals surface area contributed by atoms with Crippen LogP contribution in [0.3, 0.4) is 0 Å². The van der Waals surface area contributed by atoms with Crippen molar-refractivity contribution in [1.29, 1.82) is 0 Å². The van der Waals surface area contributed by atoms with Gasteiger partial charge >= 0.3 is 0 Å². The van der Waals surface area contributed by atoms with Crippen molar-refractivity contribution in [3.05, 3.63) is 279 Å². The first kappa shape index (κ1) is 35.2. The Hall–Kier alpha value is -9.95. The predicted molar refractivity (Wildman–Crippen MR) is 317 cm³/mol. The Balaban J connectivity index is 1.09. The molecule has 0 aliphatic heterocycles. The number of para-hydroxylation sites is 6. The van der Waals surface area contributed by atoms with Crippen molar-refractivity contribution >= 4 is 94.2 Å². The van der Waals surface area contributed by atoms with Crippen molar-refractivity contribution in [3.8, 4) is 40.1 Å². The molecule has 0 atom stereocenters. The van der Waals surface area contributed by atoms with E-state index in [9.17, 15) is 8.22 Å². The summed E-state index contributed by atoms with van der Waals surface area (Å²) in [6.45, 7) is 0. The van der Waals surface area contributed by atoms with Gasteiger partial charge in [0.1, 0.15) is 0 Å².